The molecule has 5 nitrogen and oxygen atoms in total. The fourth-order valence-electron chi connectivity index (χ4n) is 2.52. The van der Waals surface area contributed by atoms with Crippen molar-refractivity contribution in [3.8, 4) is 0 Å². The Bertz CT molecular complexity index is 663. The minimum absolute atomic E-state index is 0.162. The van der Waals surface area contributed by atoms with Crippen LogP contribution in [0.3, 0.4) is 0 Å². The predicted octanol–water partition coefficient (Wildman–Crippen LogP) is 4.00. The molecule has 1 aromatic carbocycles. The largest absolute Gasteiger partial charge is 0.382 e. The molecular formula is C19H26N4O. The minimum atomic E-state index is -0.162. The number of anilines is 3. The van der Waals surface area contributed by atoms with Crippen LogP contribution < -0.4 is 15.5 Å². The molecule has 5 heteroatoms. The van der Waals surface area contributed by atoms with Gasteiger partial charge in [0, 0.05) is 42.9 Å². The molecule has 1 aromatic heterocycles. The highest BCUT2D eigenvalue weighted by molar-refractivity contribution is 6.04. The Morgan fingerprint density at radius 3 is 2.33 bits per heavy atom. The molecule has 1 heterocycles. The zero-order valence-electron chi connectivity index (χ0n) is 14.8. The van der Waals surface area contributed by atoms with Crippen LogP contribution >= 0.6 is 0 Å². The van der Waals surface area contributed by atoms with Crippen molar-refractivity contribution in [2.75, 3.05) is 28.6 Å². The summed E-state index contributed by atoms with van der Waals surface area (Å²) in [4.78, 5) is 18.8. The SMILES string of the molecule is CCN(CC)c1ccc(NC(=O)c2cncc(NC(C)C)c2)cc1. The summed E-state index contributed by atoms with van der Waals surface area (Å²) < 4.78 is 0. The average Bonchev–Trinajstić information content (AvgIpc) is 2.57. The van der Waals surface area contributed by atoms with E-state index >= 15 is 0 Å². The molecule has 0 saturated carbocycles. The van der Waals surface area contributed by atoms with E-state index in [1.165, 1.54) is 0 Å². The predicted molar refractivity (Wildman–Crippen MR) is 101 cm³/mol. The third-order valence-electron chi connectivity index (χ3n) is 3.71. The van der Waals surface area contributed by atoms with Crippen LogP contribution in [0.1, 0.15) is 38.1 Å². The molecule has 0 unspecified atom stereocenters. The lowest BCUT2D eigenvalue weighted by Gasteiger charge is -2.21. The van der Waals surface area contributed by atoms with Crippen LogP contribution in [0.4, 0.5) is 17.1 Å². The van der Waals surface area contributed by atoms with Gasteiger partial charge in [0.05, 0.1) is 11.3 Å². The van der Waals surface area contributed by atoms with Gasteiger partial charge in [-0.3, -0.25) is 9.78 Å². The molecule has 1 amide bonds. The first-order chi connectivity index (χ1) is 11.5. The Balaban J connectivity index is 2.06. The molecule has 0 bridgehead atoms. The fourth-order valence-corrected chi connectivity index (χ4v) is 2.52. The van der Waals surface area contributed by atoms with Gasteiger partial charge in [0.2, 0.25) is 0 Å². The lowest BCUT2D eigenvalue weighted by Crippen LogP contribution is -2.21. The number of benzene rings is 1. The molecule has 0 spiro atoms. The number of amides is 1. The van der Waals surface area contributed by atoms with Crippen LogP contribution in [-0.2, 0) is 0 Å². The first-order valence-electron chi connectivity index (χ1n) is 8.41. The zero-order chi connectivity index (χ0) is 17.5. The van der Waals surface area contributed by atoms with Crippen molar-refractivity contribution >= 4 is 23.0 Å². The van der Waals surface area contributed by atoms with Gasteiger partial charge in [-0.05, 0) is 58.0 Å². The molecule has 0 atom stereocenters. The minimum Gasteiger partial charge on any atom is -0.382 e. The summed E-state index contributed by atoms with van der Waals surface area (Å²) in [6.45, 7) is 10.3. The zero-order valence-corrected chi connectivity index (χ0v) is 14.8. The quantitative estimate of drug-likeness (QED) is 0.807. The van der Waals surface area contributed by atoms with Crippen LogP contribution in [0.5, 0.6) is 0 Å². The second kappa shape index (κ2) is 8.34. The van der Waals surface area contributed by atoms with E-state index in [9.17, 15) is 4.79 Å². The summed E-state index contributed by atoms with van der Waals surface area (Å²) in [5, 5.41) is 6.16. The molecule has 0 aliphatic heterocycles. The van der Waals surface area contributed by atoms with Gasteiger partial charge in [-0.15, -0.1) is 0 Å². The number of hydrogen-bond acceptors (Lipinski definition) is 4. The van der Waals surface area contributed by atoms with Crippen LogP contribution in [0.25, 0.3) is 0 Å². The fraction of sp³-hybridized carbons (Fsp3) is 0.368. The third-order valence-corrected chi connectivity index (χ3v) is 3.71. The topological polar surface area (TPSA) is 57.3 Å². The summed E-state index contributed by atoms with van der Waals surface area (Å²) in [6.07, 6.45) is 3.29. The van der Waals surface area contributed by atoms with Gasteiger partial charge in [0.15, 0.2) is 0 Å². The standard InChI is InChI=1S/C19H26N4O/c1-5-23(6-2)18-9-7-16(8-10-18)22-19(24)15-11-17(13-20-12-15)21-14(3)4/h7-14,21H,5-6H2,1-4H3,(H,22,24). The Morgan fingerprint density at radius 2 is 1.75 bits per heavy atom. The molecule has 0 aliphatic carbocycles. The molecule has 2 rings (SSSR count). The molecule has 0 saturated heterocycles. The number of carbonyl (C=O) groups is 1. The third kappa shape index (κ3) is 4.72. The van der Waals surface area contributed by atoms with Crippen molar-refractivity contribution in [2.45, 2.75) is 33.7 Å². The Labute approximate surface area is 144 Å². The van der Waals surface area contributed by atoms with Gasteiger partial charge < -0.3 is 15.5 Å². The van der Waals surface area contributed by atoms with E-state index in [-0.39, 0.29) is 11.9 Å². The van der Waals surface area contributed by atoms with Crippen LogP contribution in [0.15, 0.2) is 42.7 Å². The van der Waals surface area contributed by atoms with Crippen LogP contribution in [0.2, 0.25) is 0 Å². The van der Waals surface area contributed by atoms with Crippen molar-refractivity contribution in [3.05, 3.63) is 48.3 Å². The van der Waals surface area contributed by atoms with E-state index in [4.69, 9.17) is 0 Å². The molecular weight excluding hydrogens is 300 g/mol. The summed E-state index contributed by atoms with van der Waals surface area (Å²) in [7, 11) is 0. The van der Waals surface area contributed by atoms with Crippen molar-refractivity contribution in [1.29, 1.82) is 0 Å². The Hall–Kier alpha value is -2.56. The van der Waals surface area contributed by atoms with Crippen molar-refractivity contribution in [1.82, 2.24) is 4.98 Å². The van der Waals surface area contributed by atoms with Crippen molar-refractivity contribution in [2.24, 2.45) is 0 Å². The van der Waals surface area contributed by atoms with Gasteiger partial charge in [0.25, 0.3) is 5.91 Å². The maximum Gasteiger partial charge on any atom is 0.257 e. The highest BCUT2D eigenvalue weighted by Crippen LogP contribution is 2.18. The van der Waals surface area contributed by atoms with E-state index < -0.39 is 0 Å². The summed E-state index contributed by atoms with van der Waals surface area (Å²) >= 11 is 0. The second-order valence-electron chi connectivity index (χ2n) is 5.93. The summed E-state index contributed by atoms with van der Waals surface area (Å²) in [6, 6.07) is 10.0. The van der Waals surface area contributed by atoms with Gasteiger partial charge >= 0.3 is 0 Å². The van der Waals surface area contributed by atoms with E-state index in [2.05, 4.69) is 34.4 Å². The molecule has 2 N–H and O–H groups in total. The molecule has 0 radical (unpaired) electrons. The molecule has 2 aromatic rings. The number of hydrogen-bond donors (Lipinski definition) is 2. The van der Waals surface area contributed by atoms with E-state index in [1.807, 2.05) is 44.2 Å². The van der Waals surface area contributed by atoms with E-state index in [1.54, 1.807) is 12.4 Å². The second-order valence-corrected chi connectivity index (χ2v) is 5.93. The summed E-state index contributed by atoms with van der Waals surface area (Å²) in [5.74, 6) is -0.162. The normalized spacial score (nSPS) is 10.5. The first-order valence-corrected chi connectivity index (χ1v) is 8.41. The van der Waals surface area contributed by atoms with Gasteiger partial charge in [-0.1, -0.05) is 0 Å². The van der Waals surface area contributed by atoms with Crippen LogP contribution in [-0.4, -0.2) is 30.0 Å². The number of carbonyl (C=O) groups excluding carboxylic acids is 1. The van der Waals surface area contributed by atoms with Crippen LogP contribution in [0, 0.1) is 0 Å². The summed E-state index contributed by atoms with van der Waals surface area (Å²) in [5.41, 5.74) is 3.31. The van der Waals surface area contributed by atoms with E-state index in [0.29, 0.717) is 5.56 Å². The molecule has 0 fully saturated rings. The van der Waals surface area contributed by atoms with Gasteiger partial charge in [-0.25, -0.2) is 0 Å². The average molecular weight is 326 g/mol. The van der Waals surface area contributed by atoms with Gasteiger partial charge in [0.1, 0.15) is 0 Å². The Kier molecular flexibility index (Phi) is 6.18. The van der Waals surface area contributed by atoms with Crippen molar-refractivity contribution in [3.63, 3.8) is 0 Å². The lowest BCUT2D eigenvalue weighted by atomic mass is 10.2. The molecule has 128 valence electrons. The first kappa shape index (κ1) is 17.8. The molecule has 24 heavy (non-hydrogen) atoms. The molecule has 0 aliphatic rings. The highest BCUT2D eigenvalue weighted by Gasteiger charge is 2.09. The van der Waals surface area contributed by atoms with Gasteiger partial charge in [-0.2, -0.15) is 0 Å². The number of pyridine rings is 1. The number of nitrogens with zero attached hydrogens (tertiary/aromatic N) is 2. The monoisotopic (exact) mass is 326 g/mol. The number of nitrogens with one attached hydrogen (secondary N) is 2. The van der Waals surface area contributed by atoms with Crippen molar-refractivity contribution < 1.29 is 4.79 Å². The number of rotatable bonds is 7. The Morgan fingerprint density at radius 1 is 1.08 bits per heavy atom. The lowest BCUT2D eigenvalue weighted by molar-refractivity contribution is 0.102. The number of aromatic nitrogens is 1. The maximum atomic E-state index is 12.4. The maximum absolute atomic E-state index is 12.4. The highest BCUT2D eigenvalue weighted by atomic mass is 16.1. The smallest absolute Gasteiger partial charge is 0.257 e. The van der Waals surface area contributed by atoms with E-state index in [0.717, 1.165) is 30.2 Å².